The monoisotopic (exact) mass is 383 g/mol. The van der Waals surface area contributed by atoms with E-state index in [0.717, 1.165) is 12.1 Å². The molecule has 2 aliphatic heterocycles. The molecule has 3 rings (SSSR count). The van der Waals surface area contributed by atoms with Crippen molar-refractivity contribution in [2.75, 3.05) is 13.1 Å². The van der Waals surface area contributed by atoms with Crippen molar-refractivity contribution in [3.8, 4) is 0 Å². The lowest BCUT2D eigenvalue weighted by atomic mass is 9.79. The maximum Gasteiger partial charge on any atom is 0.416 e. The molecule has 2 fully saturated rings. The first-order valence-electron chi connectivity index (χ1n) is 8.67. The normalized spacial score (nSPS) is 23.9. The van der Waals surface area contributed by atoms with Gasteiger partial charge in [0.25, 0.3) is 5.91 Å². The summed E-state index contributed by atoms with van der Waals surface area (Å²) in [5, 5.41) is 4.89. The molecule has 27 heavy (non-hydrogen) atoms. The van der Waals surface area contributed by atoms with Gasteiger partial charge in [-0.05, 0) is 43.4 Å². The zero-order chi connectivity index (χ0) is 19.8. The topological polar surface area (TPSA) is 78.5 Å². The molecule has 2 N–H and O–H groups in total. The lowest BCUT2D eigenvalue weighted by molar-refractivity contribution is -0.137. The first kappa shape index (κ1) is 19.2. The van der Waals surface area contributed by atoms with Gasteiger partial charge in [0.2, 0.25) is 5.91 Å². The molecule has 0 bridgehead atoms. The molecular formula is C18H20F3N3O3. The molecule has 2 aliphatic rings. The van der Waals surface area contributed by atoms with Crippen LogP contribution in [-0.4, -0.2) is 41.4 Å². The number of imide groups is 1. The van der Waals surface area contributed by atoms with Crippen molar-refractivity contribution >= 4 is 17.8 Å². The third kappa shape index (κ3) is 3.91. The highest BCUT2D eigenvalue weighted by Crippen LogP contribution is 2.31. The van der Waals surface area contributed by atoms with E-state index in [1.54, 1.807) is 11.8 Å². The molecule has 0 aromatic heterocycles. The Kier molecular flexibility index (Phi) is 4.88. The SMILES string of the molecule is CC1(C2CCN(C(=O)Cc3ccc(C(F)(F)F)cc3)CC2)NC(=O)NC1=O. The van der Waals surface area contributed by atoms with Crippen molar-refractivity contribution in [2.45, 2.75) is 37.9 Å². The Bertz CT molecular complexity index is 755. The summed E-state index contributed by atoms with van der Waals surface area (Å²) in [5.41, 5.74) is -1.20. The standard InChI is InChI=1S/C18H20F3N3O3/c1-17(15(26)22-16(27)23-17)12-6-8-24(9-7-12)14(25)10-11-2-4-13(5-3-11)18(19,20)21/h2-5,12H,6-10H2,1H3,(H2,22,23,26,27). The number of likely N-dealkylation sites (tertiary alicyclic amines) is 1. The van der Waals surface area contributed by atoms with E-state index in [1.807, 2.05) is 0 Å². The van der Waals surface area contributed by atoms with E-state index in [1.165, 1.54) is 12.1 Å². The van der Waals surface area contributed by atoms with Crippen LogP contribution in [0.15, 0.2) is 24.3 Å². The van der Waals surface area contributed by atoms with E-state index in [0.29, 0.717) is 31.5 Å². The summed E-state index contributed by atoms with van der Waals surface area (Å²) in [4.78, 5) is 37.5. The highest BCUT2D eigenvalue weighted by Gasteiger charge is 2.48. The largest absolute Gasteiger partial charge is 0.416 e. The summed E-state index contributed by atoms with van der Waals surface area (Å²) in [5.74, 6) is -0.612. The fraction of sp³-hybridized carbons (Fsp3) is 0.500. The van der Waals surface area contributed by atoms with Gasteiger partial charge in [-0.2, -0.15) is 13.2 Å². The van der Waals surface area contributed by atoms with Gasteiger partial charge >= 0.3 is 12.2 Å². The van der Waals surface area contributed by atoms with Crippen LogP contribution in [0.2, 0.25) is 0 Å². The van der Waals surface area contributed by atoms with E-state index in [9.17, 15) is 27.6 Å². The second-order valence-corrected chi connectivity index (χ2v) is 7.14. The Hall–Kier alpha value is -2.58. The summed E-state index contributed by atoms with van der Waals surface area (Å²) in [6.45, 7) is 2.54. The van der Waals surface area contributed by atoms with Crippen molar-refractivity contribution in [1.29, 1.82) is 0 Å². The van der Waals surface area contributed by atoms with Crippen molar-refractivity contribution in [3.05, 3.63) is 35.4 Å². The lowest BCUT2D eigenvalue weighted by Crippen LogP contribution is -2.54. The first-order valence-corrected chi connectivity index (χ1v) is 8.67. The van der Waals surface area contributed by atoms with Gasteiger partial charge in [0, 0.05) is 13.1 Å². The minimum Gasteiger partial charge on any atom is -0.342 e. The molecule has 0 aliphatic carbocycles. The smallest absolute Gasteiger partial charge is 0.342 e. The van der Waals surface area contributed by atoms with Crippen LogP contribution in [0.5, 0.6) is 0 Å². The Morgan fingerprint density at radius 2 is 1.78 bits per heavy atom. The minimum atomic E-state index is -4.40. The zero-order valence-corrected chi connectivity index (χ0v) is 14.7. The number of hydrogen-bond donors (Lipinski definition) is 2. The van der Waals surface area contributed by atoms with Gasteiger partial charge in [0.15, 0.2) is 0 Å². The van der Waals surface area contributed by atoms with Gasteiger partial charge in [-0.1, -0.05) is 12.1 Å². The summed E-state index contributed by atoms with van der Waals surface area (Å²) in [6.07, 6.45) is -3.26. The van der Waals surface area contributed by atoms with Crippen LogP contribution >= 0.6 is 0 Å². The predicted octanol–water partition coefficient (Wildman–Crippen LogP) is 2.08. The molecule has 146 valence electrons. The minimum absolute atomic E-state index is 0.0251. The molecule has 1 unspecified atom stereocenters. The Morgan fingerprint density at radius 3 is 2.26 bits per heavy atom. The number of alkyl halides is 3. The number of carbonyl (C=O) groups excluding carboxylic acids is 3. The second kappa shape index (κ2) is 6.86. The fourth-order valence-corrected chi connectivity index (χ4v) is 3.65. The number of piperidine rings is 1. The number of carbonyl (C=O) groups is 3. The molecule has 2 heterocycles. The van der Waals surface area contributed by atoms with Crippen LogP contribution in [-0.2, 0) is 22.2 Å². The molecule has 0 saturated carbocycles. The third-order valence-electron chi connectivity index (χ3n) is 5.37. The Morgan fingerprint density at radius 1 is 1.19 bits per heavy atom. The number of amides is 4. The van der Waals surface area contributed by atoms with E-state index < -0.39 is 23.3 Å². The summed E-state index contributed by atoms with van der Waals surface area (Å²) in [6, 6.07) is 4.05. The predicted molar refractivity (Wildman–Crippen MR) is 89.5 cm³/mol. The highest BCUT2D eigenvalue weighted by molar-refractivity contribution is 6.07. The molecule has 2 saturated heterocycles. The summed E-state index contributed by atoms with van der Waals surface area (Å²) >= 11 is 0. The lowest BCUT2D eigenvalue weighted by Gasteiger charge is -2.38. The maximum absolute atomic E-state index is 12.6. The van der Waals surface area contributed by atoms with E-state index in [-0.39, 0.29) is 24.2 Å². The molecule has 1 aromatic carbocycles. The molecule has 6 nitrogen and oxygen atoms in total. The fourth-order valence-electron chi connectivity index (χ4n) is 3.65. The van der Waals surface area contributed by atoms with Gasteiger partial charge in [-0.25, -0.2) is 4.79 Å². The molecule has 1 aromatic rings. The highest BCUT2D eigenvalue weighted by atomic mass is 19.4. The molecule has 9 heteroatoms. The zero-order valence-electron chi connectivity index (χ0n) is 14.7. The molecule has 0 radical (unpaired) electrons. The van der Waals surface area contributed by atoms with Crippen LogP contribution in [0, 0.1) is 5.92 Å². The number of rotatable bonds is 3. The molecule has 4 amide bonds. The first-order chi connectivity index (χ1) is 12.6. The van der Waals surface area contributed by atoms with E-state index in [4.69, 9.17) is 0 Å². The van der Waals surface area contributed by atoms with Gasteiger partial charge < -0.3 is 10.2 Å². The maximum atomic E-state index is 12.6. The van der Waals surface area contributed by atoms with Crippen LogP contribution < -0.4 is 10.6 Å². The van der Waals surface area contributed by atoms with E-state index >= 15 is 0 Å². The number of nitrogens with one attached hydrogen (secondary N) is 2. The van der Waals surface area contributed by atoms with Gasteiger partial charge in [0.05, 0.1) is 12.0 Å². The van der Waals surface area contributed by atoms with Gasteiger partial charge in [-0.15, -0.1) is 0 Å². The number of hydrogen-bond acceptors (Lipinski definition) is 3. The average Bonchev–Trinajstić information content (AvgIpc) is 2.87. The second-order valence-electron chi connectivity index (χ2n) is 7.14. The van der Waals surface area contributed by atoms with Crippen LogP contribution in [0.1, 0.15) is 30.9 Å². The van der Waals surface area contributed by atoms with Crippen molar-refractivity contribution < 1.29 is 27.6 Å². The van der Waals surface area contributed by atoms with Crippen molar-refractivity contribution in [2.24, 2.45) is 5.92 Å². The third-order valence-corrected chi connectivity index (χ3v) is 5.37. The average molecular weight is 383 g/mol. The van der Waals surface area contributed by atoms with Crippen molar-refractivity contribution in [3.63, 3.8) is 0 Å². The van der Waals surface area contributed by atoms with Crippen LogP contribution in [0.4, 0.5) is 18.0 Å². The Balaban J connectivity index is 1.56. The number of nitrogens with zero attached hydrogens (tertiary/aromatic N) is 1. The quantitative estimate of drug-likeness (QED) is 0.785. The van der Waals surface area contributed by atoms with E-state index in [2.05, 4.69) is 10.6 Å². The summed E-state index contributed by atoms with van der Waals surface area (Å²) < 4.78 is 37.8. The number of halogens is 3. The van der Waals surface area contributed by atoms with Crippen LogP contribution in [0.25, 0.3) is 0 Å². The summed E-state index contributed by atoms with van der Waals surface area (Å²) in [7, 11) is 0. The Labute approximate surface area is 154 Å². The van der Waals surface area contributed by atoms with Crippen molar-refractivity contribution in [1.82, 2.24) is 15.5 Å². The molecule has 1 atom stereocenters. The number of urea groups is 1. The number of benzene rings is 1. The van der Waals surface area contributed by atoms with Crippen LogP contribution in [0.3, 0.4) is 0 Å². The molecular weight excluding hydrogens is 363 g/mol. The molecule has 0 spiro atoms. The van der Waals surface area contributed by atoms with Gasteiger partial charge in [0.1, 0.15) is 5.54 Å². The van der Waals surface area contributed by atoms with Gasteiger partial charge in [-0.3, -0.25) is 14.9 Å².